The Morgan fingerprint density at radius 1 is 1.44 bits per heavy atom. The molecule has 1 aromatic rings. The van der Waals surface area contributed by atoms with Gasteiger partial charge in [-0.3, -0.25) is 9.59 Å². The third-order valence-corrected chi connectivity index (χ3v) is 2.54. The Bertz CT molecular complexity index is 392. The summed E-state index contributed by atoms with van der Waals surface area (Å²) in [7, 11) is 0. The van der Waals surface area contributed by atoms with Crippen molar-refractivity contribution in [3.63, 3.8) is 0 Å². The highest BCUT2D eigenvalue weighted by Crippen LogP contribution is 2.02. The molecule has 97 valence electrons. The summed E-state index contributed by atoms with van der Waals surface area (Å²) in [5, 5.41) is 11.6. The predicted octanol–water partition coefficient (Wildman–Crippen LogP) is -0.468. The first-order valence-electron chi connectivity index (χ1n) is 5.70. The van der Waals surface area contributed by atoms with Gasteiger partial charge in [0.1, 0.15) is 6.04 Å². The molecule has 5 heteroatoms. The molecule has 0 aliphatic carbocycles. The van der Waals surface area contributed by atoms with Gasteiger partial charge in [-0.25, -0.2) is 0 Å². The SMILES string of the molecule is C[C@@H](O)[C@@H]([C]=O)NC(=O)[C@@H](N)Cc1ccccc1. The molecule has 4 N–H and O–H groups in total. The fourth-order valence-electron chi connectivity index (χ4n) is 1.47. The molecule has 0 aliphatic heterocycles. The van der Waals surface area contributed by atoms with E-state index in [1.165, 1.54) is 6.92 Å². The number of nitrogens with one attached hydrogen (secondary N) is 1. The molecule has 0 aromatic heterocycles. The normalized spacial score (nSPS) is 15.5. The fraction of sp³-hybridized carbons (Fsp3) is 0.385. The first-order chi connectivity index (χ1) is 8.54. The summed E-state index contributed by atoms with van der Waals surface area (Å²) in [4.78, 5) is 22.2. The molecular weight excluding hydrogens is 232 g/mol. The largest absolute Gasteiger partial charge is 0.391 e. The Labute approximate surface area is 106 Å². The average Bonchev–Trinajstić information content (AvgIpc) is 2.36. The molecule has 1 aromatic carbocycles. The summed E-state index contributed by atoms with van der Waals surface area (Å²) >= 11 is 0. The van der Waals surface area contributed by atoms with Gasteiger partial charge in [-0.05, 0) is 18.9 Å². The molecule has 0 aliphatic rings. The molecule has 0 saturated heterocycles. The van der Waals surface area contributed by atoms with Crippen molar-refractivity contribution in [2.45, 2.75) is 31.5 Å². The van der Waals surface area contributed by atoms with Crippen molar-refractivity contribution < 1.29 is 14.7 Å². The van der Waals surface area contributed by atoms with Crippen LogP contribution < -0.4 is 11.1 Å². The van der Waals surface area contributed by atoms with Gasteiger partial charge in [0.05, 0.1) is 12.1 Å². The number of hydrogen-bond donors (Lipinski definition) is 3. The number of amides is 1. The van der Waals surface area contributed by atoms with E-state index < -0.39 is 24.1 Å². The zero-order valence-corrected chi connectivity index (χ0v) is 10.2. The van der Waals surface area contributed by atoms with Crippen molar-refractivity contribution >= 4 is 12.2 Å². The lowest BCUT2D eigenvalue weighted by molar-refractivity contribution is -0.123. The van der Waals surface area contributed by atoms with Crippen LogP contribution in [0.2, 0.25) is 0 Å². The van der Waals surface area contributed by atoms with Gasteiger partial charge in [0.15, 0.2) is 0 Å². The third-order valence-electron chi connectivity index (χ3n) is 2.54. The Balaban J connectivity index is 2.54. The summed E-state index contributed by atoms with van der Waals surface area (Å²) in [6.45, 7) is 1.40. The second-order valence-electron chi connectivity index (χ2n) is 4.14. The molecule has 1 radical (unpaired) electrons. The van der Waals surface area contributed by atoms with E-state index in [2.05, 4.69) is 5.32 Å². The van der Waals surface area contributed by atoms with Crippen molar-refractivity contribution in [2.24, 2.45) is 5.73 Å². The Kier molecular flexibility index (Phi) is 5.48. The van der Waals surface area contributed by atoms with E-state index in [9.17, 15) is 14.7 Å². The van der Waals surface area contributed by atoms with Gasteiger partial charge < -0.3 is 16.2 Å². The monoisotopic (exact) mass is 249 g/mol. The molecule has 1 rings (SSSR count). The Hall–Kier alpha value is -1.72. The number of carbonyl (C=O) groups excluding carboxylic acids is 2. The van der Waals surface area contributed by atoms with Crippen molar-refractivity contribution in [2.75, 3.05) is 0 Å². The zero-order chi connectivity index (χ0) is 13.5. The van der Waals surface area contributed by atoms with Crippen LogP contribution in [0, 0.1) is 0 Å². The lowest BCUT2D eigenvalue weighted by Gasteiger charge is -2.18. The molecule has 0 spiro atoms. The van der Waals surface area contributed by atoms with E-state index >= 15 is 0 Å². The zero-order valence-electron chi connectivity index (χ0n) is 10.2. The lowest BCUT2D eigenvalue weighted by Crippen LogP contribution is -2.50. The Morgan fingerprint density at radius 2 is 2.06 bits per heavy atom. The van der Waals surface area contributed by atoms with Crippen LogP contribution in [0.15, 0.2) is 30.3 Å². The van der Waals surface area contributed by atoms with Gasteiger partial charge in [0.2, 0.25) is 12.2 Å². The fourth-order valence-corrected chi connectivity index (χ4v) is 1.47. The van der Waals surface area contributed by atoms with Gasteiger partial charge in [0.25, 0.3) is 0 Å². The number of hydrogen-bond acceptors (Lipinski definition) is 4. The highest BCUT2D eigenvalue weighted by molar-refractivity contribution is 5.84. The minimum absolute atomic E-state index is 0.373. The van der Waals surface area contributed by atoms with Crippen molar-refractivity contribution in [3.05, 3.63) is 35.9 Å². The van der Waals surface area contributed by atoms with E-state index in [0.717, 1.165) is 5.56 Å². The second kappa shape index (κ2) is 6.88. The highest BCUT2D eigenvalue weighted by Gasteiger charge is 2.21. The number of nitrogens with two attached hydrogens (primary N) is 1. The molecule has 0 saturated carbocycles. The molecule has 1 amide bonds. The number of aliphatic hydroxyl groups excluding tert-OH is 1. The van der Waals surface area contributed by atoms with Crippen LogP contribution in [-0.2, 0) is 16.0 Å². The minimum atomic E-state index is -1.04. The maximum Gasteiger partial charge on any atom is 0.237 e. The highest BCUT2D eigenvalue weighted by atomic mass is 16.3. The van der Waals surface area contributed by atoms with E-state index in [0.29, 0.717) is 6.42 Å². The van der Waals surface area contributed by atoms with Gasteiger partial charge >= 0.3 is 0 Å². The molecular formula is C13H17N2O3. The van der Waals surface area contributed by atoms with Crippen LogP contribution in [-0.4, -0.2) is 35.5 Å². The average molecular weight is 249 g/mol. The van der Waals surface area contributed by atoms with E-state index in [1.807, 2.05) is 30.3 Å². The number of rotatable bonds is 6. The van der Waals surface area contributed by atoms with Gasteiger partial charge in [-0.2, -0.15) is 0 Å². The number of carbonyl (C=O) groups is 1. The summed E-state index contributed by atoms with van der Waals surface area (Å²) in [6, 6.07) is 7.52. The van der Waals surface area contributed by atoms with Gasteiger partial charge in [-0.1, -0.05) is 30.3 Å². The first-order valence-corrected chi connectivity index (χ1v) is 5.70. The number of benzene rings is 1. The van der Waals surface area contributed by atoms with Gasteiger partial charge in [0, 0.05) is 0 Å². The van der Waals surface area contributed by atoms with Crippen LogP contribution in [0.25, 0.3) is 0 Å². The predicted molar refractivity (Wildman–Crippen MR) is 67.4 cm³/mol. The van der Waals surface area contributed by atoms with Crippen molar-refractivity contribution in [1.82, 2.24) is 5.32 Å². The van der Waals surface area contributed by atoms with Crippen LogP contribution in [0.3, 0.4) is 0 Å². The molecule has 0 heterocycles. The summed E-state index contributed by atoms with van der Waals surface area (Å²) in [5.74, 6) is -0.479. The quantitative estimate of drug-likeness (QED) is 0.635. The van der Waals surface area contributed by atoms with Crippen molar-refractivity contribution in [3.8, 4) is 0 Å². The summed E-state index contributed by atoms with van der Waals surface area (Å²) in [6.07, 6.45) is 0.946. The van der Waals surface area contributed by atoms with E-state index in [1.54, 1.807) is 6.29 Å². The van der Waals surface area contributed by atoms with Crippen molar-refractivity contribution in [1.29, 1.82) is 0 Å². The molecule has 0 unspecified atom stereocenters. The van der Waals surface area contributed by atoms with Crippen LogP contribution >= 0.6 is 0 Å². The maximum atomic E-state index is 11.7. The van der Waals surface area contributed by atoms with Crippen LogP contribution in [0.5, 0.6) is 0 Å². The first kappa shape index (κ1) is 14.3. The van der Waals surface area contributed by atoms with E-state index in [-0.39, 0.29) is 0 Å². The Morgan fingerprint density at radius 3 is 2.56 bits per heavy atom. The van der Waals surface area contributed by atoms with Gasteiger partial charge in [-0.15, -0.1) is 0 Å². The van der Waals surface area contributed by atoms with Crippen LogP contribution in [0.4, 0.5) is 0 Å². The number of aliphatic hydroxyl groups is 1. The third kappa shape index (κ3) is 4.27. The summed E-state index contributed by atoms with van der Waals surface area (Å²) in [5.41, 5.74) is 6.66. The summed E-state index contributed by atoms with van der Waals surface area (Å²) < 4.78 is 0. The maximum absolute atomic E-state index is 11.7. The minimum Gasteiger partial charge on any atom is -0.391 e. The molecule has 18 heavy (non-hydrogen) atoms. The molecule has 5 nitrogen and oxygen atoms in total. The second-order valence-corrected chi connectivity index (χ2v) is 4.14. The van der Waals surface area contributed by atoms with E-state index in [4.69, 9.17) is 5.73 Å². The van der Waals surface area contributed by atoms with Crippen LogP contribution in [0.1, 0.15) is 12.5 Å². The lowest BCUT2D eigenvalue weighted by atomic mass is 10.1. The molecule has 0 bridgehead atoms. The topological polar surface area (TPSA) is 92.4 Å². The molecule has 0 fully saturated rings. The smallest absolute Gasteiger partial charge is 0.237 e. The standard InChI is InChI=1S/C13H17N2O3/c1-9(17)12(8-16)15-13(18)11(14)7-10-5-3-2-4-6-10/h2-6,9,11-12,17H,7,14H2,1H3,(H,15,18)/t9-,11+,12-/m1/s1. The molecule has 3 atom stereocenters.